The smallest absolute Gasteiger partial charge is 0.204 e. The Morgan fingerprint density at radius 3 is 2.68 bits per heavy atom. The molecule has 0 aliphatic rings. The maximum atomic E-state index is 12.9. The quantitative estimate of drug-likeness (QED) is 0.573. The van der Waals surface area contributed by atoms with E-state index in [-0.39, 0.29) is 5.82 Å². The van der Waals surface area contributed by atoms with E-state index < -0.39 is 0 Å². The third kappa shape index (κ3) is 2.20. The van der Waals surface area contributed by atoms with E-state index in [9.17, 15) is 4.39 Å². The molecule has 3 aromatic heterocycles. The van der Waals surface area contributed by atoms with Crippen molar-refractivity contribution in [3.05, 3.63) is 60.3 Å². The molecule has 3 heterocycles. The molecule has 22 heavy (non-hydrogen) atoms. The lowest BCUT2D eigenvalue weighted by atomic mass is 10.2. The molecule has 0 atom stereocenters. The highest BCUT2D eigenvalue weighted by atomic mass is 19.1. The molecule has 108 valence electrons. The highest BCUT2D eigenvalue weighted by molar-refractivity contribution is 5.53. The second kappa shape index (κ2) is 4.99. The topological polar surface area (TPSA) is 73.8 Å². The summed E-state index contributed by atoms with van der Waals surface area (Å²) in [5.41, 5.74) is 1.47. The summed E-state index contributed by atoms with van der Waals surface area (Å²) in [7, 11) is 0. The Morgan fingerprint density at radius 2 is 1.82 bits per heavy atom. The van der Waals surface area contributed by atoms with Crippen LogP contribution in [0.15, 0.2) is 48.7 Å². The van der Waals surface area contributed by atoms with Gasteiger partial charge >= 0.3 is 0 Å². The van der Waals surface area contributed by atoms with Crippen LogP contribution in [0.2, 0.25) is 0 Å². The molecule has 0 saturated heterocycles. The Labute approximate surface area is 124 Å². The molecule has 0 amide bonds. The van der Waals surface area contributed by atoms with E-state index in [2.05, 4.69) is 25.6 Å². The highest BCUT2D eigenvalue weighted by Crippen LogP contribution is 2.14. The van der Waals surface area contributed by atoms with Crippen molar-refractivity contribution in [3.63, 3.8) is 0 Å². The molecular weight excluding hydrogens is 285 g/mol. The van der Waals surface area contributed by atoms with Gasteiger partial charge in [0.05, 0.1) is 0 Å². The lowest BCUT2D eigenvalue weighted by Crippen LogP contribution is -2.07. The van der Waals surface area contributed by atoms with E-state index in [0.717, 1.165) is 5.65 Å². The molecule has 0 unspecified atom stereocenters. The van der Waals surface area contributed by atoms with Gasteiger partial charge in [-0.25, -0.2) is 4.39 Å². The van der Waals surface area contributed by atoms with Crippen LogP contribution in [-0.2, 0) is 6.54 Å². The maximum Gasteiger partial charge on any atom is 0.204 e. The summed E-state index contributed by atoms with van der Waals surface area (Å²) in [5.74, 6) is 0.846. The summed E-state index contributed by atoms with van der Waals surface area (Å²) in [5, 5.41) is 20.4. The predicted molar refractivity (Wildman–Crippen MR) is 75.3 cm³/mol. The van der Waals surface area contributed by atoms with Crippen molar-refractivity contribution in [3.8, 4) is 11.4 Å². The van der Waals surface area contributed by atoms with Crippen molar-refractivity contribution in [2.75, 3.05) is 0 Å². The zero-order chi connectivity index (χ0) is 14.9. The van der Waals surface area contributed by atoms with Crippen LogP contribution in [-0.4, -0.2) is 34.8 Å². The van der Waals surface area contributed by atoms with Crippen molar-refractivity contribution >= 4 is 5.65 Å². The number of pyridine rings is 1. The van der Waals surface area contributed by atoms with Crippen molar-refractivity contribution < 1.29 is 4.39 Å². The van der Waals surface area contributed by atoms with Gasteiger partial charge in [-0.05, 0) is 41.6 Å². The number of rotatable bonds is 3. The van der Waals surface area contributed by atoms with Gasteiger partial charge in [0.2, 0.25) is 5.82 Å². The normalized spacial score (nSPS) is 11.1. The fraction of sp³-hybridized carbons (Fsp3) is 0.0714. The van der Waals surface area contributed by atoms with E-state index in [1.54, 1.807) is 12.1 Å². The van der Waals surface area contributed by atoms with Gasteiger partial charge < -0.3 is 0 Å². The third-order valence-electron chi connectivity index (χ3n) is 3.22. The van der Waals surface area contributed by atoms with E-state index in [0.29, 0.717) is 23.8 Å². The summed E-state index contributed by atoms with van der Waals surface area (Å²) in [6, 6.07) is 11.6. The van der Waals surface area contributed by atoms with Gasteiger partial charge in [-0.15, -0.1) is 20.4 Å². The molecule has 0 saturated carbocycles. The van der Waals surface area contributed by atoms with E-state index in [1.165, 1.54) is 16.9 Å². The Balaban J connectivity index is 1.63. The minimum atomic E-state index is -0.300. The fourth-order valence-corrected chi connectivity index (χ4v) is 2.15. The zero-order valence-corrected chi connectivity index (χ0v) is 11.3. The Hall–Kier alpha value is -3.16. The van der Waals surface area contributed by atoms with Gasteiger partial charge in [-0.3, -0.25) is 4.40 Å². The lowest BCUT2D eigenvalue weighted by molar-refractivity contribution is 0.551. The molecule has 0 radical (unpaired) electrons. The van der Waals surface area contributed by atoms with E-state index in [4.69, 9.17) is 0 Å². The van der Waals surface area contributed by atoms with Crippen molar-refractivity contribution in [2.45, 2.75) is 6.54 Å². The number of hydrogen-bond acceptors (Lipinski definition) is 5. The van der Waals surface area contributed by atoms with Gasteiger partial charge in [-0.1, -0.05) is 6.07 Å². The molecule has 0 N–H and O–H groups in total. The molecule has 0 bridgehead atoms. The molecule has 0 fully saturated rings. The van der Waals surface area contributed by atoms with Gasteiger partial charge in [0.15, 0.2) is 11.5 Å². The highest BCUT2D eigenvalue weighted by Gasteiger charge is 2.10. The minimum absolute atomic E-state index is 0.300. The molecule has 4 aromatic rings. The van der Waals surface area contributed by atoms with Crippen LogP contribution in [0.1, 0.15) is 5.82 Å². The van der Waals surface area contributed by atoms with Crippen LogP contribution >= 0.6 is 0 Å². The van der Waals surface area contributed by atoms with Crippen LogP contribution in [0.3, 0.4) is 0 Å². The largest absolute Gasteiger partial charge is 0.285 e. The molecule has 0 spiro atoms. The van der Waals surface area contributed by atoms with Crippen LogP contribution in [0, 0.1) is 5.82 Å². The fourth-order valence-electron chi connectivity index (χ4n) is 2.15. The van der Waals surface area contributed by atoms with Crippen LogP contribution in [0.4, 0.5) is 4.39 Å². The van der Waals surface area contributed by atoms with Crippen molar-refractivity contribution in [2.24, 2.45) is 0 Å². The summed E-state index contributed by atoms with van der Waals surface area (Å²) in [4.78, 5) is 1.43. The Kier molecular flexibility index (Phi) is 2.85. The summed E-state index contributed by atoms with van der Waals surface area (Å²) in [6.07, 6.45) is 1.88. The van der Waals surface area contributed by atoms with E-state index in [1.807, 2.05) is 28.8 Å². The SMILES string of the molecule is Fc1ccc(-c2nnn(Cc3nnc4ccccn34)n2)cc1. The first-order valence-corrected chi connectivity index (χ1v) is 6.62. The minimum Gasteiger partial charge on any atom is -0.285 e. The molecule has 7 nitrogen and oxygen atoms in total. The van der Waals surface area contributed by atoms with Crippen molar-refractivity contribution in [1.29, 1.82) is 0 Å². The molecule has 8 heteroatoms. The van der Waals surface area contributed by atoms with Gasteiger partial charge in [-0.2, -0.15) is 4.80 Å². The number of aromatic nitrogens is 7. The zero-order valence-electron chi connectivity index (χ0n) is 11.3. The first-order valence-electron chi connectivity index (χ1n) is 6.62. The molecule has 1 aromatic carbocycles. The monoisotopic (exact) mass is 295 g/mol. The van der Waals surface area contributed by atoms with Gasteiger partial charge in [0.25, 0.3) is 0 Å². The summed E-state index contributed by atoms with van der Waals surface area (Å²) < 4.78 is 14.8. The molecule has 4 rings (SSSR count). The molecular formula is C14H10FN7. The second-order valence-electron chi connectivity index (χ2n) is 4.70. The predicted octanol–water partition coefficient (Wildman–Crippen LogP) is 1.57. The third-order valence-corrected chi connectivity index (χ3v) is 3.22. The summed E-state index contributed by atoms with van der Waals surface area (Å²) >= 11 is 0. The molecule has 0 aliphatic carbocycles. The van der Waals surface area contributed by atoms with Crippen LogP contribution in [0.25, 0.3) is 17.0 Å². The Morgan fingerprint density at radius 1 is 0.955 bits per heavy atom. The lowest BCUT2D eigenvalue weighted by Gasteiger charge is -1.97. The second-order valence-corrected chi connectivity index (χ2v) is 4.70. The molecule has 0 aliphatic heterocycles. The first kappa shape index (κ1) is 12.6. The standard InChI is InChI=1S/C14H10FN7/c15-11-6-4-10(5-7-11)14-18-20-22(19-14)9-13-17-16-12-3-1-2-8-21(12)13/h1-8H,9H2. The first-order chi connectivity index (χ1) is 10.8. The average Bonchev–Trinajstić information content (AvgIpc) is 3.16. The number of benzene rings is 1. The number of tetrazole rings is 1. The average molecular weight is 295 g/mol. The van der Waals surface area contributed by atoms with Crippen LogP contribution in [0.5, 0.6) is 0 Å². The number of fused-ring (bicyclic) bond motifs is 1. The maximum absolute atomic E-state index is 12.9. The van der Waals surface area contributed by atoms with Gasteiger partial charge in [0.1, 0.15) is 12.4 Å². The Bertz CT molecular complexity index is 926. The number of hydrogen-bond donors (Lipinski definition) is 0. The van der Waals surface area contributed by atoms with Crippen molar-refractivity contribution in [1.82, 2.24) is 34.8 Å². The van der Waals surface area contributed by atoms with Crippen LogP contribution < -0.4 is 0 Å². The van der Waals surface area contributed by atoms with E-state index >= 15 is 0 Å². The van der Waals surface area contributed by atoms with Gasteiger partial charge in [0, 0.05) is 11.8 Å². The number of halogens is 1. The summed E-state index contributed by atoms with van der Waals surface area (Å²) in [6.45, 7) is 0.347. The number of nitrogens with zero attached hydrogens (tertiary/aromatic N) is 7.